The molecule has 1 fully saturated rings. The van der Waals surface area contributed by atoms with Crippen LogP contribution in [0.5, 0.6) is 0 Å². The van der Waals surface area contributed by atoms with E-state index >= 15 is 0 Å². The van der Waals surface area contributed by atoms with Crippen LogP contribution < -0.4 is 10.4 Å². The molecule has 0 heterocycles. The van der Waals surface area contributed by atoms with Gasteiger partial charge in [0.15, 0.2) is 16.4 Å². The third kappa shape index (κ3) is 6.05. The topological polar surface area (TPSA) is 9.23 Å². The van der Waals surface area contributed by atoms with Crippen molar-refractivity contribution in [2.45, 2.75) is 83.5 Å². The molecule has 148 valence electrons. The Morgan fingerprint density at radius 2 is 1.41 bits per heavy atom. The highest BCUT2D eigenvalue weighted by Gasteiger charge is 2.36. The monoisotopic (exact) mass is 414 g/mol. The van der Waals surface area contributed by atoms with E-state index < -0.39 is 24.5 Å². The molecule has 0 atom stereocenters. The Bertz CT molecular complexity index is 709. The Balaban J connectivity index is 2.30. The maximum Gasteiger partial charge on any atom is 0.185 e. The fourth-order valence-electron chi connectivity index (χ4n) is 3.74. The van der Waals surface area contributed by atoms with Crippen molar-refractivity contribution in [2.24, 2.45) is 0 Å². The SMILES string of the molecule is C=C[Si](C)(C)c1ccc([Si](C)(C)C#CC2(O[Si](C)(C)C)CCCCC2)cc1. The molecular weight excluding hydrogens is 377 g/mol. The van der Waals surface area contributed by atoms with Gasteiger partial charge in [0.2, 0.25) is 0 Å². The van der Waals surface area contributed by atoms with Crippen LogP contribution in [-0.4, -0.2) is 30.1 Å². The van der Waals surface area contributed by atoms with Crippen LogP contribution in [0.2, 0.25) is 45.8 Å². The minimum Gasteiger partial charge on any atom is -0.402 e. The molecule has 2 rings (SSSR count). The maximum absolute atomic E-state index is 6.66. The van der Waals surface area contributed by atoms with Crippen LogP contribution in [0.25, 0.3) is 0 Å². The first-order valence-electron chi connectivity index (χ1n) is 10.4. The van der Waals surface area contributed by atoms with Gasteiger partial charge in [-0.15, -0.1) is 12.1 Å². The Labute approximate surface area is 170 Å². The van der Waals surface area contributed by atoms with Crippen molar-refractivity contribution >= 4 is 34.8 Å². The van der Waals surface area contributed by atoms with Gasteiger partial charge in [-0.25, -0.2) is 0 Å². The summed E-state index contributed by atoms with van der Waals surface area (Å²) in [4.78, 5) is 0. The zero-order chi connectivity index (χ0) is 20.3. The van der Waals surface area contributed by atoms with Gasteiger partial charge in [0.05, 0.1) is 0 Å². The maximum atomic E-state index is 6.66. The average Bonchev–Trinajstić information content (AvgIpc) is 2.60. The van der Waals surface area contributed by atoms with E-state index in [0.29, 0.717) is 0 Å². The molecule has 0 N–H and O–H groups in total. The Morgan fingerprint density at radius 3 is 1.89 bits per heavy atom. The molecule has 0 saturated heterocycles. The van der Waals surface area contributed by atoms with Gasteiger partial charge in [-0.1, -0.05) is 73.7 Å². The van der Waals surface area contributed by atoms with E-state index in [1.54, 1.807) is 0 Å². The van der Waals surface area contributed by atoms with Crippen molar-refractivity contribution in [1.82, 2.24) is 0 Å². The molecular formula is C23H38OSi3. The molecule has 0 aromatic heterocycles. The lowest BCUT2D eigenvalue weighted by molar-refractivity contribution is 0.0796. The second-order valence-electron chi connectivity index (χ2n) is 10.1. The standard InChI is InChI=1S/C23H38OSi3/c1-9-26(5,6)21-13-15-22(16-14-21)27(7,8)20-19-23(24-25(2,3)4)17-11-10-12-18-23/h9,13-16H,1,10-12,17-18H2,2-8H3. The van der Waals surface area contributed by atoms with Gasteiger partial charge in [0.1, 0.15) is 13.7 Å². The number of rotatable bonds is 5. The fourth-order valence-corrected chi connectivity index (χ4v) is 8.11. The van der Waals surface area contributed by atoms with Gasteiger partial charge in [-0.05, 0) is 50.5 Å². The molecule has 1 aromatic carbocycles. The molecule has 1 nitrogen and oxygen atoms in total. The van der Waals surface area contributed by atoms with Crippen LogP contribution in [0.15, 0.2) is 36.5 Å². The van der Waals surface area contributed by atoms with Gasteiger partial charge in [-0.2, -0.15) is 0 Å². The zero-order valence-electron chi connectivity index (χ0n) is 18.5. The van der Waals surface area contributed by atoms with Crippen molar-refractivity contribution in [3.05, 3.63) is 36.5 Å². The lowest BCUT2D eigenvalue weighted by Gasteiger charge is -2.38. The number of hydrogen-bond donors (Lipinski definition) is 0. The first-order valence-corrected chi connectivity index (χ1v) is 19.9. The molecule has 1 aliphatic rings. The van der Waals surface area contributed by atoms with Crippen molar-refractivity contribution in [2.75, 3.05) is 0 Å². The summed E-state index contributed by atoms with van der Waals surface area (Å²) in [5.41, 5.74) is 5.73. The van der Waals surface area contributed by atoms with Gasteiger partial charge < -0.3 is 4.43 Å². The van der Waals surface area contributed by atoms with E-state index in [-0.39, 0.29) is 5.60 Å². The summed E-state index contributed by atoms with van der Waals surface area (Å²) in [6.45, 7) is 20.3. The Kier molecular flexibility index (Phi) is 6.85. The summed E-state index contributed by atoms with van der Waals surface area (Å²) in [6, 6.07) is 9.27. The van der Waals surface area contributed by atoms with Crippen molar-refractivity contribution in [3.63, 3.8) is 0 Å². The highest BCUT2D eigenvalue weighted by Crippen LogP contribution is 2.34. The van der Waals surface area contributed by atoms with Crippen LogP contribution >= 0.6 is 0 Å². The van der Waals surface area contributed by atoms with E-state index in [0.717, 1.165) is 12.8 Å². The molecule has 1 saturated carbocycles. The minimum atomic E-state index is -1.81. The largest absolute Gasteiger partial charge is 0.402 e. The molecule has 27 heavy (non-hydrogen) atoms. The molecule has 1 aromatic rings. The van der Waals surface area contributed by atoms with Crippen LogP contribution in [0, 0.1) is 11.5 Å². The molecule has 0 unspecified atom stereocenters. The molecule has 1 aliphatic carbocycles. The lowest BCUT2D eigenvalue weighted by atomic mass is 9.86. The first-order chi connectivity index (χ1) is 12.4. The van der Waals surface area contributed by atoms with Crippen LogP contribution in [-0.2, 0) is 4.43 Å². The number of hydrogen-bond acceptors (Lipinski definition) is 1. The highest BCUT2D eigenvalue weighted by atomic mass is 28.4. The first kappa shape index (κ1) is 22.4. The summed E-state index contributed by atoms with van der Waals surface area (Å²) in [5.74, 6) is 3.70. The van der Waals surface area contributed by atoms with Gasteiger partial charge in [0, 0.05) is 0 Å². The summed E-state index contributed by atoms with van der Waals surface area (Å²) in [5, 5.41) is 2.87. The lowest BCUT2D eigenvalue weighted by Crippen LogP contribution is -2.46. The average molecular weight is 415 g/mol. The summed E-state index contributed by atoms with van der Waals surface area (Å²) >= 11 is 0. The second-order valence-corrected chi connectivity index (χ2v) is 23.1. The van der Waals surface area contributed by atoms with E-state index in [2.05, 4.69) is 93.8 Å². The van der Waals surface area contributed by atoms with Crippen molar-refractivity contribution in [3.8, 4) is 11.5 Å². The number of benzene rings is 1. The van der Waals surface area contributed by atoms with Gasteiger partial charge in [-0.3, -0.25) is 0 Å². The zero-order valence-corrected chi connectivity index (χ0v) is 21.5. The van der Waals surface area contributed by atoms with E-state index in [9.17, 15) is 0 Å². The van der Waals surface area contributed by atoms with E-state index in [1.807, 2.05) is 0 Å². The van der Waals surface area contributed by atoms with Crippen LogP contribution in [0.4, 0.5) is 0 Å². The third-order valence-electron chi connectivity index (χ3n) is 5.63. The summed E-state index contributed by atoms with van der Waals surface area (Å²) < 4.78 is 6.66. The van der Waals surface area contributed by atoms with E-state index in [1.165, 1.54) is 29.6 Å². The molecule has 0 aliphatic heterocycles. The molecule has 0 spiro atoms. The molecule has 4 heteroatoms. The smallest absolute Gasteiger partial charge is 0.185 e. The highest BCUT2D eigenvalue weighted by molar-refractivity contribution is 6.97. The van der Waals surface area contributed by atoms with E-state index in [4.69, 9.17) is 4.43 Å². The summed E-state index contributed by atoms with van der Waals surface area (Å²) in [6.07, 6.45) is 6.03. The molecule has 0 amide bonds. The normalized spacial score (nSPS) is 17.7. The van der Waals surface area contributed by atoms with Crippen molar-refractivity contribution < 1.29 is 4.43 Å². The van der Waals surface area contributed by atoms with Gasteiger partial charge >= 0.3 is 0 Å². The van der Waals surface area contributed by atoms with Crippen LogP contribution in [0.3, 0.4) is 0 Å². The fraction of sp³-hybridized carbons (Fsp3) is 0.565. The van der Waals surface area contributed by atoms with Crippen molar-refractivity contribution in [1.29, 1.82) is 0 Å². The predicted molar refractivity (Wildman–Crippen MR) is 129 cm³/mol. The molecule has 0 radical (unpaired) electrons. The summed E-state index contributed by atoms with van der Waals surface area (Å²) in [7, 11) is -4.92. The Hall–Kier alpha value is -0.869. The quantitative estimate of drug-likeness (QED) is 0.467. The predicted octanol–water partition coefficient (Wildman–Crippen LogP) is 5.34. The minimum absolute atomic E-state index is 0.190. The van der Waals surface area contributed by atoms with Gasteiger partial charge in [0.25, 0.3) is 0 Å². The second kappa shape index (κ2) is 8.24. The Morgan fingerprint density at radius 1 is 0.889 bits per heavy atom. The van der Waals surface area contributed by atoms with Crippen LogP contribution in [0.1, 0.15) is 32.1 Å². The molecule has 0 bridgehead atoms. The third-order valence-corrected chi connectivity index (χ3v) is 12.0.